The van der Waals surface area contributed by atoms with Gasteiger partial charge in [-0.15, -0.1) is 0 Å². The van der Waals surface area contributed by atoms with Gasteiger partial charge in [-0.2, -0.15) is 0 Å². The summed E-state index contributed by atoms with van der Waals surface area (Å²) in [7, 11) is 2.05. The van der Waals surface area contributed by atoms with E-state index in [0.29, 0.717) is 11.3 Å². The molecular weight excluding hydrogens is 320 g/mol. The Balaban J connectivity index is 2.19. The zero-order valence-electron chi connectivity index (χ0n) is 15.5. The predicted octanol–water partition coefficient (Wildman–Crippen LogP) is 6.06. The number of rotatable bonds is 2. The van der Waals surface area contributed by atoms with Gasteiger partial charge in [-0.25, -0.2) is 9.41 Å². The van der Waals surface area contributed by atoms with Crippen LogP contribution in [-0.2, 0) is 7.05 Å². The molecule has 0 N–H and O–H groups in total. The van der Waals surface area contributed by atoms with Crippen LogP contribution >= 0.6 is 0 Å². The zero-order chi connectivity index (χ0) is 18.4. The van der Waals surface area contributed by atoms with Gasteiger partial charge in [-0.3, -0.25) is 0 Å². The Labute approximate surface area is 153 Å². The van der Waals surface area contributed by atoms with Gasteiger partial charge in [0.2, 0.25) is 11.4 Å². The predicted molar refractivity (Wildman–Crippen MR) is 105 cm³/mol. The molecule has 0 aliphatic heterocycles. The summed E-state index contributed by atoms with van der Waals surface area (Å²) < 4.78 is 8.32. The third kappa shape index (κ3) is 2.30. The third-order valence-electron chi connectivity index (χ3n) is 5.06. The molecule has 2 aromatic heterocycles. The lowest BCUT2D eigenvalue weighted by atomic mass is 9.95. The first-order valence-electron chi connectivity index (χ1n) is 8.84. The largest absolute Gasteiger partial charge is 0.467 e. The fraction of sp³-hybridized carbons (Fsp3) is 0.217. The maximum absolute atomic E-state index is 7.69. The van der Waals surface area contributed by atoms with Crippen molar-refractivity contribution in [1.82, 2.24) is 0 Å². The summed E-state index contributed by atoms with van der Waals surface area (Å²) in [4.78, 5) is 3.81. The van der Waals surface area contributed by atoms with Crippen molar-refractivity contribution in [3.63, 3.8) is 0 Å². The van der Waals surface area contributed by atoms with Crippen molar-refractivity contribution >= 4 is 27.6 Å². The standard InChI is InChI=1S/C23H21N2O/c1-14(2)16-10-11-17-21-19(26-23(17)22(16)24-4)12-9-15(3)20(21)18-8-6-7-13-25(18)5/h6-14H,1-3,5H3/q+1. The number of benzene rings is 2. The maximum Gasteiger partial charge on any atom is 0.232 e. The summed E-state index contributed by atoms with van der Waals surface area (Å²) in [6, 6.07) is 14.5. The van der Waals surface area contributed by atoms with E-state index < -0.39 is 0 Å². The van der Waals surface area contributed by atoms with Gasteiger partial charge in [0, 0.05) is 22.9 Å². The number of hydrogen-bond donors (Lipinski definition) is 0. The minimum Gasteiger partial charge on any atom is -0.467 e. The average molecular weight is 341 g/mol. The molecule has 2 aromatic carbocycles. The van der Waals surface area contributed by atoms with Crippen molar-refractivity contribution in [2.75, 3.05) is 0 Å². The first kappa shape index (κ1) is 16.4. The van der Waals surface area contributed by atoms with Gasteiger partial charge in [0.15, 0.2) is 6.20 Å². The van der Waals surface area contributed by atoms with Crippen molar-refractivity contribution in [1.29, 1.82) is 0 Å². The van der Waals surface area contributed by atoms with Gasteiger partial charge < -0.3 is 4.42 Å². The van der Waals surface area contributed by atoms with E-state index in [4.69, 9.17) is 11.0 Å². The summed E-state index contributed by atoms with van der Waals surface area (Å²) in [5.74, 6) is 0.282. The monoisotopic (exact) mass is 341 g/mol. The molecule has 0 aliphatic carbocycles. The van der Waals surface area contributed by atoms with E-state index in [-0.39, 0.29) is 5.92 Å². The van der Waals surface area contributed by atoms with Crippen molar-refractivity contribution in [3.05, 3.63) is 71.2 Å². The summed E-state index contributed by atoms with van der Waals surface area (Å²) in [5.41, 5.74) is 6.69. The molecule has 4 rings (SSSR count). The minimum atomic E-state index is 0.282. The van der Waals surface area contributed by atoms with Crippen LogP contribution in [0.2, 0.25) is 0 Å². The van der Waals surface area contributed by atoms with E-state index >= 15 is 0 Å². The Morgan fingerprint density at radius 2 is 1.88 bits per heavy atom. The van der Waals surface area contributed by atoms with Crippen LogP contribution in [0.5, 0.6) is 0 Å². The normalized spacial score (nSPS) is 11.4. The van der Waals surface area contributed by atoms with Crippen molar-refractivity contribution < 1.29 is 8.98 Å². The number of fused-ring (bicyclic) bond motifs is 3. The molecule has 3 nitrogen and oxygen atoms in total. The number of aromatic nitrogens is 1. The van der Waals surface area contributed by atoms with E-state index in [1.807, 2.05) is 12.1 Å². The summed E-state index contributed by atoms with van der Waals surface area (Å²) in [6.07, 6.45) is 2.05. The summed E-state index contributed by atoms with van der Waals surface area (Å²) in [6.45, 7) is 14.0. The molecule has 0 saturated heterocycles. The number of furan rings is 1. The average Bonchev–Trinajstić information content (AvgIpc) is 3.00. The summed E-state index contributed by atoms with van der Waals surface area (Å²) in [5, 5.41) is 2.10. The Hall–Kier alpha value is -3.12. The lowest BCUT2D eigenvalue weighted by Crippen LogP contribution is -2.30. The first-order valence-corrected chi connectivity index (χ1v) is 8.84. The Bertz CT molecular complexity index is 1190. The van der Waals surface area contributed by atoms with Gasteiger partial charge in [0.25, 0.3) is 0 Å². The molecule has 0 saturated carbocycles. The fourth-order valence-corrected chi connectivity index (χ4v) is 3.73. The van der Waals surface area contributed by atoms with Crippen LogP contribution in [0.4, 0.5) is 5.69 Å². The molecule has 0 bridgehead atoms. The lowest BCUT2D eigenvalue weighted by molar-refractivity contribution is -0.660. The Morgan fingerprint density at radius 1 is 1.08 bits per heavy atom. The fourth-order valence-electron chi connectivity index (χ4n) is 3.73. The molecule has 0 amide bonds. The van der Waals surface area contributed by atoms with E-state index in [9.17, 15) is 0 Å². The Kier molecular flexibility index (Phi) is 3.77. The van der Waals surface area contributed by atoms with Crippen molar-refractivity contribution in [2.24, 2.45) is 7.05 Å². The zero-order valence-corrected chi connectivity index (χ0v) is 15.5. The number of hydrogen-bond acceptors (Lipinski definition) is 1. The van der Waals surface area contributed by atoms with Crippen molar-refractivity contribution in [3.8, 4) is 11.3 Å². The molecule has 0 spiro atoms. The van der Waals surface area contributed by atoms with E-state index in [2.05, 4.69) is 73.8 Å². The molecule has 2 heterocycles. The highest BCUT2D eigenvalue weighted by Crippen LogP contribution is 2.43. The molecule has 26 heavy (non-hydrogen) atoms. The topological polar surface area (TPSA) is 21.4 Å². The SMILES string of the molecule is [C-]#[N+]c1c(C(C)C)ccc2c1oc1ccc(C)c(-c3cccc[n+]3C)c12. The second kappa shape index (κ2) is 6.00. The number of nitrogens with zero attached hydrogens (tertiary/aromatic N) is 2. The van der Waals surface area contributed by atoms with Gasteiger partial charge in [-0.05, 0) is 36.1 Å². The van der Waals surface area contributed by atoms with Crippen LogP contribution in [0, 0.1) is 13.5 Å². The second-order valence-corrected chi connectivity index (χ2v) is 7.08. The maximum atomic E-state index is 7.69. The van der Waals surface area contributed by atoms with Crippen LogP contribution in [0.25, 0.3) is 38.0 Å². The van der Waals surface area contributed by atoms with Crippen LogP contribution in [0.15, 0.2) is 53.1 Å². The van der Waals surface area contributed by atoms with Crippen LogP contribution < -0.4 is 4.57 Å². The van der Waals surface area contributed by atoms with Gasteiger partial charge >= 0.3 is 0 Å². The first-order chi connectivity index (χ1) is 12.5. The minimum absolute atomic E-state index is 0.282. The number of aryl methyl sites for hydroxylation is 2. The van der Waals surface area contributed by atoms with Gasteiger partial charge in [0.1, 0.15) is 18.2 Å². The quantitative estimate of drug-likeness (QED) is 0.321. The number of pyridine rings is 1. The third-order valence-corrected chi connectivity index (χ3v) is 5.06. The molecule has 3 heteroatoms. The molecule has 4 aromatic rings. The highest BCUT2D eigenvalue weighted by Gasteiger charge is 2.22. The van der Waals surface area contributed by atoms with Crippen LogP contribution in [0.3, 0.4) is 0 Å². The molecule has 0 fully saturated rings. The van der Waals surface area contributed by atoms with E-state index in [0.717, 1.165) is 33.2 Å². The van der Waals surface area contributed by atoms with Gasteiger partial charge in [-0.1, -0.05) is 32.0 Å². The summed E-state index contributed by atoms with van der Waals surface area (Å²) >= 11 is 0. The van der Waals surface area contributed by atoms with Crippen molar-refractivity contribution in [2.45, 2.75) is 26.7 Å². The molecule has 0 radical (unpaired) electrons. The van der Waals surface area contributed by atoms with Gasteiger partial charge in [0.05, 0.1) is 12.1 Å². The van der Waals surface area contributed by atoms with E-state index in [1.54, 1.807) is 0 Å². The van der Waals surface area contributed by atoms with E-state index in [1.165, 1.54) is 5.56 Å². The molecule has 0 atom stereocenters. The molecule has 0 aliphatic rings. The molecule has 0 unspecified atom stereocenters. The smallest absolute Gasteiger partial charge is 0.232 e. The highest BCUT2D eigenvalue weighted by molar-refractivity contribution is 6.15. The highest BCUT2D eigenvalue weighted by atomic mass is 16.3. The lowest BCUT2D eigenvalue weighted by Gasteiger charge is -2.08. The molecular formula is C23H21N2O+. The second-order valence-electron chi connectivity index (χ2n) is 7.08. The molecule has 128 valence electrons. The Morgan fingerprint density at radius 3 is 2.58 bits per heavy atom. The van der Waals surface area contributed by atoms with Crippen LogP contribution in [-0.4, -0.2) is 0 Å². The van der Waals surface area contributed by atoms with Crippen LogP contribution in [0.1, 0.15) is 30.9 Å².